The highest BCUT2D eigenvalue weighted by Crippen LogP contribution is 2.08. The molecule has 1 aromatic heterocycles. The Kier molecular flexibility index (Phi) is 5.11. The lowest BCUT2D eigenvalue weighted by Crippen LogP contribution is -2.45. The van der Waals surface area contributed by atoms with Gasteiger partial charge < -0.3 is 20.8 Å². The third-order valence-corrected chi connectivity index (χ3v) is 3.04. The van der Waals surface area contributed by atoms with Gasteiger partial charge in [-0.05, 0) is 18.4 Å². The van der Waals surface area contributed by atoms with Gasteiger partial charge in [0, 0.05) is 11.4 Å². The molecule has 0 aliphatic carbocycles. The zero-order chi connectivity index (χ0) is 13.6. The van der Waals surface area contributed by atoms with E-state index in [9.17, 15) is 14.7 Å². The molecule has 0 aliphatic heterocycles. The summed E-state index contributed by atoms with van der Waals surface area (Å²) < 4.78 is 0. The topological polar surface area (TPSA) is 98.7 Å². The first-order valence-corrected chi connectivity index (χ1v) is 6.25. The SMILES string of the molecule is CC(O)(CNC(=O)NCc1cccs1)CC(=O)O. The van der Waals surface area contributed by atoms with Crippen LogP contribution in [0.4, 0.5) is 4.79 Å². The normalized spacial score (nSPS) is 13.7. The Bertz CT molecular complexity index is 403. The van der Waals surface area contributed by atoms with Crippen LogP contribution in [0.5, 0.6) is 0 Å². The van der Waals surface area contributed by atoms with E-state index in [1.165, 1.54) is 18.3 Å². The molecule has 0 aromatic carbocycles. The first-order valence-electron chi connectivity index (χ1n) is 5.37. The number of thiophene rings is 1. The highest BCUT2D eigenvalue weighted by atomic mass is 32.1. The summed E-state index contributed by atoms with van der Waals surface area (Å²) in [7, 11) is 0. The maximum Gasteiger partial charge on any atom is 0.315 e. The summed E-state index contributed by atoms with van der Waals surface area (Å²) in [4.78, 5) is 22.9. The fourth-order valence-electron chi connectivity index (χ4n) is 1.30. The van der Waals surface area contributed by atoms with Gasteiger partial charge in [0.25, 0.3) is 0 Å². The van der Waals surface area contributed by atoms with E-state index in [2.05, 4.69) is 10.6 Å². The number of carboxylic acid groups (broad SMARTS) is 1. The number of aliphatic carboxylic acids is 1. The molecule has 0 bridgehead atoms. The molecular formula is C11H16N2O4S. The van der Waals surface area contributed by atoms with E-state index in [1.54, 1.807) is 0 Å². The van der Waals surface area contributed by atoms with Crippen molar-refractivity contribution in [2.45, 2.75) is 25.5 Å². The van der Waals surface area contributed by atoms with E-state index in [0.29, 0.717) is 6.54 Å². The molecule has 0 aliphatic rings. The molecule has 2 amide bonds. The minimum atomic E-state index is -1.45. The Morgan fingerprint density at radius 2 is 2.17 bits per heavy atom. The summed E-state index contributed by atoms with van der Waals surface area (Å²) in [5.74, 6) is -1.11. The molecule has 100 valence electrons. The first kappa shape index (κ1) is 14.5. The van der Waals surface area contributed by atoms with Gasteiger partial charge >= 0.3 is 12.0 Å². The van der Waals surface area contributed by atoms with Gasteiger partial charge in [0.15, 0.2) is 0 Å². The standard InChI is InChI=1S/C11H16N2O4S/c1-11(17,5-9(14)15)7-13-10(16)12-6-8-3-2-4-18-8/h2-4,17H,5-7H2,1H3,(H,14,15)(H2,12,13,16). The quantitative estimate of drug-likeness (QED) is 0.615. The fraction of sp³-hybridized carbons (Fsp3) is 0.455. The van der Waals surface area contributed by atoms with Crippen LogP contribution in [0.1, 0.15) is 18.2 Å². The molecule has 1 rings (SSSR count). The van der Waals surface area contributed by atoms with E-state index >= 15 is 0 Å². The Balaban J connectivity index is 2.26. The lowest BCUT2D eigenvalue weighted by Gasteiger charge is -2.21. The summed E-state index contributed by atoms with van der Waals surface area (Å²) in [5.41, 5.74) is -1.45. The van der Waals surface area contributed by atoms with Gasteiger partial charge in [-0.15, -0.1) is 11.3 Å². The Morgan fingerprint density at radius 3 is 2.72 bits per heavy atom. The zero-order valence-electron chi connectivity index (χ0n) is 9.97. The summed E-state index contributed by atoms with van der Waals surface area (Å²) >= 11 is 1.53. The minimum absolute atomic E-state index is 0.116. The van der Waals surface area contributed by atoms with Crippen molar-refractivity contribution in [3.8, 4) is 0 Å². The number of hydrogen-bond donors (Lipinski definition) is 4. The summed E-state index contributed by atoms with van der Waals surface area (Å²) in [6.07, 6.45) is -0.418. The number of aliphatic hydroxyl groups is 1. The van der Waals surface area contributed by atoms with Crippen LogP contribution < -0.4 is 10.6 Å². The van der Waals surface area contributed by atoms with Gasteiger partial charge in [-0.1, -0.05) is 6.07 Å². The fourth-order valence-corrected chi connectivity index (χ4v) is 1.95. The van der Waals surface area contributed by atoms with Crippen LogP contribution in [-0.4, -0.2) is 34.4 Å². The number of nitrogens with one attached hydrogen (secondary N) is 2. The highest BCUT2D eigenvalue weighted by molar-refractivity contribution is 7.09. The lowest BCUT2D eigenvalue weighted by molar-refractivity contribution is -0.141. The predicted molar refractivity (Wildman–Crippen MR) is 67.4 cm³/mol. The summed E-state index contributed by atoms with van der Waals surface area (Å²) in [6, 6.07) is 3.34. The molecule has 1 aromatic rings. The van der Waals surface area contributed by atoms with Crippen molar-refractivity contribution in [2.24, 2.45) is 0 Å². The predicted octanol–water partition coefficient (Wildman–Crippen LogP) is 0.773. The average molecular weight is 272 g/mol. The van der Waals surface area contributed by atoms with E-state index < -0.39 is 24.0 Å². The van der Waals surface area contributed by atoms with Crippen LogP contribution in [0.3, 0.4) is 0 Å². The van der Waals surface area contributed by atoms with Crippen molar-refractivity contribution in [1.29, 1.82) is 0 Å². The Morgan fingerprint density at radius 1 is 1.44 bits per heavy atom. The lowest BCUT2D eigenvalue weighted by atomic mass is 10.0. The number of carboxylic acids is 1. The van der Waals surface area contributed by atoms with E-state index in [1.807, 2.05) is 17.5 Å². The molecule has 6 nitrogen and oxygen atoms in total. The number of rotatable bonds is 6. The van der Waals surface area contributed by atoms with Crippen LogP contribution in [0.25, 0.3) is 0 Å². The van der Waals surface area contributed by atoms with Crippen LogP contribution >= 0.6 is 11.3 Å². The molecule has 0 saturated carbocycles. The molecule has 0 radical (unpaired) electrons. The number of hydrogen-bond acceptors (Lipinski definition) is 4. The molecule has 1 atom stereocenters. The summed E-state index contributed by atoms with van der Waals surface area (Å²) in [6.45, 7) is 1.65. The molecule has 0 spiro atoms. The average Bonchev–Trinajstić information content (AvgIpc) is 2.74. The van der Waals surface area contributed by atoms with Gasteiger partial charge in [0.1, 0.15) is 0 Å². The molecule has 4 N–H and O–H groups in total. The van der Waals surface area contributed by atoms with Gasteiger partial charge in [-0.2, -0.15) is 0 Å². The zero-order valence-corrected chi connectivity index (χ0v) is 10.8. The molecule has 1 unspecified atom stereocenters. The van der Waals surface area contributed by atoms with Crippen molar-refractivity contribution in [2.75, 3.05) is 6.54 Å². The van der Waals surface area contributed by atoms with Gasteiger partial charge in [-0.3, -0.25) is 4.79 Å². The molecule has 7 heteroatoms. The number of urea groups is 1. The van der Waals surface area contributed by atoms with E-state index in [0.717, 1.165) is 4.88 Å². The molecule has 0 fully saturated rings. The second-order valence-electron chi connectivity index (χ2n) is 4.18. The van der Waals surface area contributed by atoms with Gasteiger partial charge in [-0.25, -0.2) is 4.79 Å². The first-order chi connectivity index (χ1) is 8.39. The third-order valence-electron chi connectivity index (χ3n) is 2.17. The van der Waals surface area contributed by atoms with E-state index in [4.69, 9.17) is 5.11 Å². The van der Waals surface area contributed by atoms with Crippen LogP contribution in [-0.2, 0) is 11.3 Å². The van der Waals surface area contributed by atoms with Crippen LogP contribution in [0, 0.1) is 0 Å². The maximum absolute atomic E-state index is 11.4. The van der Waals surface area contributed by atoms with Crippen molar-refractivity contribution < 1.29 is 19.8 Å². The van der Waals surface area contributed by atoms with Crippen molar-refractivity contribution in [1.82, 2.24) is 10.6 Å². The Labute approximate surface area is 109 Å². The van der Waals surface area contributed by atoms with Crippen molar-refractivity contribution in [3.05, 3.63) is 22.4 Å². The molecule has 18 heavy (non-hydrogen) atoms. The molecule has 0 saturated heterocycles. The minimum Gasteiger partial charge on any atom is -0.481 e. The van der Waals surface area contributed by atoms with Crippen LogP contribution in [0.15, 0.2) is 17.5 Å². The smallest absolute Gasteiger partial charge is 0.315 e. The monoisotopic (exact) mass is 272 g/mol. The highest BCUT2D eigenvalue weighted by Gasteiger charge is 2.24. The second kappa shape index (κ2) is 6.36. The van der Waals surface area contributed by atoms with Gasteiger partial charge in [0.2, 0.25) is 0 Å². The van der Waals surface area contributed by atoms with Crippen LogP contribution in [0.2, 0.25) is 0 Å². The number of carbonyl (C=O) groups excluding carboxylic acids is 1. The third kappa shape index (κ3) is 5.65. The van der Waals surface area contributed by atoms with Crippen molar-refractivity contribution in [3.63, 3.8) is 0 Å². The molecule has 1 heterocycles. The Hall–Kier alpha value is -1.60. The molecular weight excluding hydrogens is 256 g/mol. The second-order valence-corrected chi connectivity index (χ2v) is 5.22. The summed E-state index contributed by atoms with van der Waals surface area (Å²) in [5, 5.41) is 25.2. The maximum atomic E-state index is 11.4. The number of carbonyl (C=O) groups is 2. The van der Waals surface area contributed by atoms with Gasteiger partial charge in [0.05, 0.1) is 18.6 Å². The van der Waals surface area contributed by atoms with Crippen molar-refractivity contribution >= 4 is 23.3 Å². The number of amides is 2. The largest absolute Gasteiger partial charge is 0.481 e. The van der Waals surface area contributed by atoms with E-state index in [-0.39, 0.29) is 6.54 Å².